The van der Waals surface area contributed by atoms with E-state index in [-0.39, 0.29) is 36.6 Å². The van der Waals surface area contributed by atoms with Crippen molar-refractivity contribution in [3.63, 3.8) is 0 Å². The van der Waals surface area contributed by atoms with Gasteiger partial charge in [-0.25, -0.2) is 18.3 Å². The Morgan fingerprint density at radius 3 is 2.52 bits per heavy atom. The first kappa shape index (κ1) is 24.0. The highest BCUT2D eigenvalue weighted by Crippen LogP contribution is 2.19. The standard InChI is InChI=1S/C23H23F2N3O5/c1-31-7-8-32-9-10-33-23(30)26-20-4-2-3-16(11-20)15-28-22(29)6-5-21(27-28)17-12-18(24)14-19(25)13-17/h2-6,11-14H,7-10,15H2,1H3,(H,26,30). The van der Waals surface area contributed by atoms with E-state index in [1.807, 2.05) is 0 Å². The molecule has 2 aromatic carbocycles. The lowest BCUT2D eigenvalue weighted by Crippen LogP contribution is -2.23. The summed E-state index contributed by atoms with van der Waals surface area (Å²) in [6.45, 7) is 1.28. The van der Waals surface area contributed by atoms with Gasteiger partial charge >= 0.3 is 6.09 Å². The van der Waals surface area contributed by atoms with Crippen LogP contribution >= 0.6 is 0 Å². The third kappa shape index (κ3) is 7.48. The molecule has 0 saturated heterocycles. The van der Waals surface area contributed by atoms with Gasteiger partial charge < -0.3 is 14.2 Å². The number of methoxy groups -OCH3 is 1. The molecule has 0 radical (unpaired) electrons. The van der Waals surface area contributed by atoms with E-state index in [0.29, 0.717) is 24.5 Å². The van der Waals surface area contributed by atoms with Crippen molar-refractivity contribution in [2.45, 2.75) is 6.54 Å². The number of halogens is 2. The summed E-state index contributed by atoms with van der Waals surface area (Å²) in [4.78, 5) is 24.2. The highest BCUT2D eigenvalue weighted by atomic mass is 19.1. The summed E-state index contributed by atoms with van der Waals surface area (Å²) in [7, 11) is 1.57. The average Bonchev–Trinajstić information content (AvgIpc) is 2.77. The summed E-state index contributed by atoms with van der Waals surface area (Å²) in [6, 6.07) is 12.5. The minimum absolute atomic E-state index is 0.0853. The maximum Gasteiger partial charge on any atom is 0.411 e. The summed E-state index contributed by atoms with van der Waals surface area (Å²) < 4.78 is 43.4. The number of anilines is 1. The van der Waals surface area contributed by atoms with Gasteiger partial charge in [0.15, 0.2) is 0 Å². The fourth-order valence-electron chi connectivity index (χ4n) is 2.93. The summed E-state index contributed by atoms with van der Waals surface area (Å²) in [6.07, 6.45) is -0.645. The van der Waals surface area contributed by atoms with Gasteiger partial charge in [-0.15, -0.1) is 0 Å². The second-order valence-corrected chi connectivity index (χ2v) is 6.94. The number of rotatable bonds is 10. The van der Waals surface area contributed by atoms with Crippen LogP contribution in [0.25, 0.3) is 11.3 Å². The van der Waals surface area contributed by atoms with E-state index in [2.05, 4.69) is 10.4 Å². The van der Waals surface area contributed by atoms with Gasteiger partial charge in [0.25, 0.3) is 5.56 Å². The minimum Gasteiger partial charge on any atom is -0.447 e. The maximum atomic E-state index is 13.5. The molecule has 10 heteroatoms. The Morgan fingerprint density at radius 1 is 1.00 bits per heavy atom. The molecule has 174 valence electrons. The van der Waals surface area contributed by atoms with Crippen LogP contribution in [0.5, 0.6) is 0 Å². The minimum atomic E-state index is -0.739. The van der Waals surface area contributed by atoms with Gasteiger partial charge in [0.1, 0.15) is 18.2 Å². The molecule has 1 aromatic heterocycles. The number of hydrogen-bond acceptors (Lipinski definition) is 6. The predicted molar refractivity (Wildman–Crippen MR) is 117 cm³/mol. The predicted octanol–water partition coefficient (Wildman–Crippen LogP) is 3.45. The average molecular weight is 459 g/mol. The summed E-state index contributed by atoms with van der Waals surface area (Å²) in [5.74, 6) is -1.48. The number of carbonyl (C=O) groups excluding carboxylic acids is 1. The third-order valence-electron chi connectivity index (χ3n) is 4.42. The number of aromatic nitrogens is 2. The number of ether oxygens (including phenoxy) is 3. The van der Waals surface area contributed by atoms with Crippen LogP contribution in [-0.2, 0) is 20.8 Å². The van der Waals surface area contributed by atoms with Gasteiger partial charge in [-0.3, -0.25) is 10.1 Å². The maximum absolute atomic E-state index is 13.5. The van der Waals surface area contributed by atoms with Crippen LogP contribution in [-0.4, -0.2) is 49.4 Å². The molecule has 0 aliphatic carbocycles. The normalized spacial score (nSPS) is 10.8. The van der Waals surface area contributed by atoms with E-state index >= 15 is 0 Å². The molecular formula is C23H23F2N3O5. The highest BCUT2D eigenvalue weighted by Gasteiger charge is 2.09. The Labute approximate surface area is 188 Å². The lowest BCUT2D eigenvalue weighted by molar-refractivity contribution is 0.0447. The van der Waals surface area contributed by atoms with Crippen molar-refractivity contribution in [2.24, 2.45) is 0 Å². The monoisotopic (exact) mass is 459 g/mol. The Morgan fingerprint density at radius 2 is 1.76 bits per heavy atom. The van der Waals surface area contributed by atoms with E-state index in [1.54, 1.807) is 31.4 Å². The number of carbonyl (C=O) groups is 1. The fraction of sp³-hybridized carbons (Fsp3) is 0.261. The van der Waals surface area contributed by atoms with Gasteiger partial charge in [0, 0.05) is 30.5 Å². The molecule has 0 bridgehead atoms. The van der Waals surface area contributed by atoms with Gasteiger partial charge in [-0.05, 0) is 35.9 Å². The van der Waals surface area contributed by atoms with Crippen molar-refractivity contribution in [1.29, 1.82) is 0 Å². The van der Waals surface area contributed by atoms with Crippen LogP contribution in [0.3, 0.4) is 0 Å². The molecule has 0 saturated carbocycles. The molecule has 3 rings (SSSR count). The van der Waals surface area contributed by atoms with Gasteiger partial charge in [0.05, 0.1) is 32.1 Å². The zero-order chi connectivity index (χ0) is 23.6. The molecule has 0 unspecified atom stereocenters. The van der Waals surface area contributed by atoms with Crippen LogP contribution in [0, 0.1) is 11.6 Å². The lowest BCUT2D eigenvalue weighted by atomic mass is 10.1. The summed E-state index contributed by atoms with van der Waals surface area (Å²) >= 11 is 0. The molecule has 3 aromatic rings. The Balaban J connectivity index is 1.64. The second-order valence-electron chi connectivity index (χ2n) is 6.94. The molecule has 1 N–H and O–H groups in total. The Kier molecular flexibility index (Phi) is 8.62. The molecule has 0 aliphatic rings. The van der Waals surface area contributed by atoms with Crippen LogP contribution in [0.1, 0.15) is 5.56 Å². The lowest BCUT2D eigenvalue weighted by Gasteiger charge is -2.10. The Hall–Kier alpha value is -3.63. The van der Waals surface area contributed by atoms with Crippen molar-refractivity contribution in [3.8, 4) is 11.3 Å². The molecule has 1 heterocycles. The van der Waals surface area contributed by atoms with Crippen molar-refractivity contribution in [2.75, 3.05) is 38.9 Å². The van der Waals surface area contributed by atoms with Crippen LogP contribution in [0.4, 0.5) is 19.3 Å². The van der Waals surface area contributed by atoms with Crippen molar-refractivity contribution < 1.29 is 27.8 Å². The number of benzene rings is 2. The van der Waals surface area contributed by atoms with Crippen LogP contribution in [0.2, 0.25) is 0 Å². The largest absolute Gasteiger partial charge is 0.447 e. The number of nitrogens with zero attached hydrogens (tertiary/aromatic N) is 2. The van der Waals surface area contributed by atoms with Gasteiger partial charge in [-0.2, -0.15) is 5.10 Å². The van der Waals surface area contributed by atoms with Crippen molar-refractivity contribution in [3.05, 3.63) is 82.1 Å². The molecule has 0 atom stereocenters. The smallest absolute Gasteiger partial charge is 0.411 e. The zero-order valence-electron chi connectivity index (χ0n) is 17.9. The Bertz CT molecular complexity index is 1130. The topological polar surface area (TPSA) is 91.7 Å². The van der Waals surface area contributed by atoms with Gasteiger partial charge in [0.2, 0.25) is 0 Å². The van der Waals surface area contributed by atoms with Crippen molar-refractivity contribution in [1.82, 2.24) is 9.78 Å². The second kappa shape index (κ2) is 11.8. The summed E-state index contributed by atoms with van der Waals surface area (Å²) in [5, 5.41) is 6.82. The number of hydrogen-bond donors (Lipinski definition) is 1. The van der Waals surface area contributed by atoms with E-state index in [9.17, 15) is 18.4 Å². The fourth-order valence-corrected chi connectivity index (χ4v) is 2.93. The molecule has 0 fully saturated rings. The molecular weight excluding hydrogens is 436 g/mol. The zero-order valence-corrected chi connectivity index (χ0v) is 17.9. The van der Waals surface area contributed by atoms with E-state index in [0.717, 1.165) is 18.2 Å². The van der Waals surface area contributed by atoms with E-state index in [4.69, 9.17) is 14.2 Å². The van der Waals surface area contributed by atoms with Crippen molar-refractivity contribution >= 4 is 11.8 Å². The number of amides is 1. The molecule has 0 spiro atoms. The van der Waals surface area contributed by atoms with E-state index < -0.39 is 17.7 Å². The first-order valence-electron chi connectivity index (χ1n) is 10.1. The third-order valence-corrected chi connectivity index (χ3v) is 4.42. The first-order valence-corrected chi connectivity index (χ1v) is 10.1. The SMILES string of the molecule is COCCOCCOC(=O)Nc1cccc(Cn2nc(-c3cc(F)cc(F)c3)ccc2=O)c1. The van der Waals surface area contributed by atoms with Crippen LogP contribution < -0.4 is 10.9 Å². The van der Waals surface area contributed by atoms with Gasteiger partial charge in [-0.1, -0.05) is 12.1 Å². The van der Waals surface area contributed by atoms with Crippen LogP contribution in [0.15, 0.2) is 59.4 Å². The molecule has 1 amide bonds. The first-order chi connectivity index (χ1) is 15.9. The number of nitrogens with one attached hydrogen (secondary N) is 1. The summed E-state index contributed by atoms with van der Waals surface area (Å²) in [5.41, 5.74) is 1.22. The van der Waals surface area contributed by atoms with E-state index in [1.165, 1.54) is 16.8 Å². The molecule has 33 heavy (non-hydrogen) atoms. The highest BCUT2D eigenvalue weighted by molar-refractivity contribution is 5.84. The molecule has 8 nitrogen and oxygen atoms in total. The quantitative estimate of drug-likeness (QED) is 0.467. The molecule has 0 aliphatic heterocycles.